The molecule has 0 atom stereocenters. The molecular formula is C10H15NO2S. The SMILES string of the molecule is CSc1ccc(NC(CO)CO)cc1. The Balaban J connectivity index is 2.58. The topological polar surface area (TPSA) is 52.5 Å². The molecule has 1 rings (SSSR count). The molecule has 78 valence electrons. The third kappa shape index (κ3) is 3.21. The Bertz CT molecular complexity index is 259. The minimum absolute atomic E-state index is 0.0687. The number of hydrogen-bond acceptors (Lipinski definition) is 4. The molecule has 0 saturated carbocycles. The lowest BCUT2D eigenvalue weighted by atomic mass is 10.2. The number of rotatable bonds is 5. The highest BCUT2D eigenvalue weighted by Crippen LogP contribution is 2.17. The Hall–Kier alpha value is -0.710. The number of hydrogen-bond donors (Lipinski definition) is 3. The predicted octanol–water partition coefficient (Wildman–Crippen LogP) is 1.17. The molecule has 0 radical (unpaired) electrons. The summed E-state index contributed by atoms with van der Waals surface area (Å²) >= 11 is 1.68. The maximum absolute atomic E-state index is 8.86. The minimum atomic E-state index is -0.282. The van der Waals surface area contributed by atoms with Gasteiger partial charge in [0.05, 0.1) is 19.3 Å². The molecule has 1 aromatic rings. The van der Waals surface area contributed by atoms with E-state index in [0.29, 0.717) is 0 Å². The van der Waals surface area contributed by atoms with Crippen molar-refractivity contribution in [2.75, 3.05) is 24.8 Å². The molecule has 0 bridgehead atoms. The van der Waals surface area contributed by atoms with Crippen molar-refractivity contribution in [3.05, 3.63) is 24.3 Å². The molecular weight excluding hydrogens is 198 g/mol. The molecule has 0 aliphatic heterocycles. The van der Waals surface area contributed by atoms with E-state index < -0.39 is 0 Å². The molecule has 0 aromatic heterocycles. The number of anilines is 1. The van der Waals surface area contributed by atoms with Gasteiger partial charge in [-0.15, -0.1) is 11.8 Å². The smallest absolute Gasteiger partial charge is 0.0723 e. The van der Waals surface area contributed by atoms with Crippen molar-refractivity contribution in [2.24, 2.45) is 0 Å². The van der Waals surface area contributed by atoms with Gasteiger partial charge < -0.3 is 15.5 Å². The lowest BCUT2D eigenvalue weighted by Gasteiger charge is -2.14. The highest BCUT2D eigenvalue weighted by Gasteiger charge is 2.04. The highest BCUT2D eigenvalue weighted by atomic mass is 32.2. The van der Waals surface area contributed by atoms with Crippen LogP contribution in [-0.2, 0) is 0 Å². The lowest BCUT2D eigenvalue weighted by Crippen LogP contribution is -2.27. The van der Waals surface area contributed by atoms with Crippen LogP contribution in [0.25, 0.3) is 0 Å². The van der Waals surface area contributed by atoms with E-state index in [4.69, 9.17) is 10.2 Å². The van der Waals surface area contributed by atoms with Crippen LogP contribution in [0.4, 0.5) is 5.69 Å². The van der Waals surface area contributed by atoms with Crippen LogP contribution in [0.2, 0.25) is 0 Å². The molecule has 1 aromatic carbocycles. The number of aliphatic hydroxyl groups is 2. The molecule has 0 amide bonds. The molecule has 3 nitrogen and oxygen atoms in total. The maximum atomic E-state index is 8.86. The summed E-state index contributed by atoms with van der Waals surface area (Å²) in [6.45, 7) is -0.137. The second-order valence-corrected chi connectivity index (χ2v) is 3.81. The zero-order valence-corrected chi connectivity index (χ0v) is 8.92. The van der Waals surface area contributed by atoms with Gasteiger partial charge in [-0.1, -0.05) is 0 Å². The van der Waals surface area contributed by atoms with Gasteiger partial charge in [0.15, 0.2) is 0 Å². The largest absolute Gasteiger partial charge is 0.394 e. The molecule has 3 N–H and O–H groups in total. The summed E-state index contributed by atoms with van der Waals surface area (Å²) in [5.41, 5.74) is 0.913. The first-order valence-electron chi connectivity index (χ1n) is 4.42. The Morgan fingerprint density at radius 1 is 1.21 bits per heavy atom. The average molecular weight is 213 g/mol. The quantitative estimate of drug-likeness (QED) is 0.643. The van der Waals surface area contributed by atoms with Crippen LogP contribution in [0.15, 0.2) is 29.2 Å². The van der Waals surface area contributed by atoms with Crippen LogP contribution < -0.4 is 5.32 Å². The monoisotopic (exact) mass is 213 g/mol. The van der Waals surface area contributed by atoms with Gasteiger partial charge >= 0.3 is 0 Å². The Kier molecular flexibility index (Phi) is 4.79. The van der Waals surface area contributed by atoms with Gasteiger partial charge in [-0.3, -0.25) is 0 Å². The number of nitrogens with one attached hydrogen (secondary N) is 1. The first kappa shape index (κ1) is 11.4. The average Bonchev–Trinajstić information content (AvgIpc) is 2.26. The zero-order valence-electron chi connectivity index (χ0n) is 8.10. The van der Waals surface area contributed by atoms with Crippen molar-refractivity contribution in [1.29, 1.82) is 0 Å². The van der Waals surface area contributed by atoms with Crippen LogP contribution in [0, 0.1) is 0 Å². The van der Waals surface area contributed by atoms with E-state index in [2.05, 4.69) is 5.32 Å². The second kappa shape index (κ2) is 5.90. The lowest BCUT2D eigenvalue weighted by molar-refractivity contribution is 0.204. The molecule has 0 aliphatic carbocycles. The van der Waals surface area contributed by atoms with Gasteiger partial charge in [0.25, 0.3) is 0 Å². The predicted molar refractivity (Wildman–Crippen MR) is 59.8 cm³/mol. The summed E-state index contributed by atoms with van der Waals surface area (Å²) in [5, 5.41) is 20.7. The fraction of sp³-hybridized carbons (Fsp3) is 0.400. The summed E-state index contributed by atoms with van der Waals surface area (Å²) in [4.78, 5) is 1.19. The van der Waals surface area contributed by atoms with Crippen LogP contribution in [0.1, 0.15) is 0 Å². The third-order valence-corrected chi connectivity index (χ3v) is 2.65. The fourth-order valence-corrected chi connectivity index (χ4v) is 1.48. The van der Waals surface area contributed by atoms with E-state index in [9.17, 15) is 0 Å². The second-order valence-electron chi connectivity index (χ2n) is 2.93. The van der Waals surface area contributed by atoms with E-state index in [0.717, 1.165) is 5.69 Å². The number of thioether (sulfide) groups is 1. The van der Waals surface area contributed by atoms with E-state index in [1.807, 2.05) is 30.5 Å². The summed E-state index contributed by atoms with van der Waals surface area (Å²) in [6, 6.07) is 7.58. The summed E-state index contributed by atoms with van der Waals surface area (Å²) < 4.78 is 0. The van der Waals surface area contributed by atoms with Gasteiger partial charge in [0.1, 0.15) is 0 Å². The molecule has 0 saturated heterocycles. The van der Waals surface area contributed by atoms with E-state index >= 15 is 0 Å². The molecule has 0 fully saturated rings. The van der Waals surface area contributed by atoms with Gasteiger partial charge in [-0.2, -0.15) is 0 Å². The zero-order chi connectivity index (χ0) is 10.4. The number of benzene rings is 1. The molecule has 0 heterocycles. The van der Waals surface area contributed by atoms with Crippen molar-refractivity contribution in [1.82, 2.24) is 0 Å². The van der Waals surface area contributed by atoms with Crippen LogP contribution in [0.3, 0.4) is 0 Å². The fourth-order valence-electron chi connectivity index (χ4n) is 1.07. The van der Waals surface area contributed by atoms with Crippen LogP contribution in [0.5, 0.6) is 0 Å². The van der Waals surface area contributed by atoms with Crippen molar-refractivity contribution < 1.29 is 10.2 Å². The van der Waals surface area contributed by atoms with Gasteiger partial charge in [-0.05, 0) is 30.5 Å². The first-order chi connectivity index (χ1) is 6.80. The van der Waals surface area contributed by atoms with Gasteiger partial charge in [-0.25, -0.2) is 0 Å². The van der Waals surface area contributed by atoms with Gasteiger partial charge in [0.2, 0.25) is 0 Å². The first-order valence-corrected chi connectivity index (χ1v) is 5.65. The van der Waals surface area contributed by atoms with Crippen molar-refractivity contribution >= 4 is 17.4 Å². The van der Waals surface area contributed by atoms with Crippen LogP contribution in [-0.4, -0.2) is 35.7 Å². The standard InChI is InChI=1S/C10H15NO2S/c1-14-10-4-2-8(3-5-10)11-9(6-12)7-13/h2-5,9,11-13H,6-7H2,1H3. The van der Waals surface area contributed by atoms with E-state index in [1.54, 1.807) is 11.8 Å². The van der Waals surface area contributed by atoms with Crippen molar-refractivity contribution in [3.63, 3.8) is 0 Å². The Morgan fingerprint density at radius 2 is 1.79 bits per heavy atom. The maximum Gasteiger partial charge on any atom is 0.0723 e. The number of aliphatic hydroxyl groups excluding tert-OH is 2. The Morgan fingerprint density at radius 3 is 2.21 bits per heavy atom. The van der Waals surface area contributed by atoms with Crippen LogP contribution >= 0.6 is 11.8 Å². The summed E-state index contributed by atoms with van der Waals surface area (Å²) in [7, 11) is 0. The molecule has 4 heteroatoms. The highest BCUT2D eigenvalue weighted by molar-refractivity contribution is 7.98. The molecule has 14 heavy (non-hydrogen) atoms. The molecule has 0 aliphatic rings. The third-order valence-electron chi connectivity index (χ3n) is 1.90. The molecule has 0 unspecified atom stereocenters. The summed E-state index contributed by atoms with van der Waals surface area (Å²) in [5.74, 6) is 0. The Labute approximate surface area is 88.2 Å². The van der Waals surface area contributed by atoms with Gasteiger partial charge in [0, 0.05) is 10.6 Å². The normalized spacial score (nSPS) is 10.6. The summed E-state index contributed by atoms with van der Waals surface area (Å²) in [6.07, 6.45) is 2.02. The molecule has 0 spiro atoms. The van der Waals surface area contributed by atoms with Crippen molar-refractivity contribution in [2.45, 2.75) is 10.9 Å². The van der Waals surface area contributed by atoms with E-state index in [1.165, 1.54) is 4.90 Å². The van der Waals surface area contributed by atoms with Crippen molar-refractivity contribution in [3.8, 4) is 0 Å². The minimum Gasteiger partial charge on any atom is -0.394 e. The van der Waals surface area contributed by atoms with E-state index in [-0.39, 0.29) is 19.3 Å².